The highest BCUT2D eigenvalue weighted by Crippen LogP contribution is 2.19. The van der Waals surface area contributed by atoms with E-state index < -0.39 is 22.2 Å². The van der Waals surface area contributed by atoms with Crippen molar-refractivity contribution in [3.05, 3.63) is 76.2 Å². The van der Waals surface area contributed by atoms with E-state index in [1.807, 2.05) is 42.5 Å². The Morgan fingerprint density at radius 3 is 2.28 bits per heavy atom. The lowest BCUT2D eigenvalue weighted by atomic mass is 10.1. The maximum atomic E-state index is 12.7. The molecule has 1 fully saturated rings. The summed E-state index contributed by atoms with van der Waals surface area (Å²) in [4.78, 5) is 26.1. The number of carbonyl (C=O) groups is 1. The van der Waals surface area contributed by atoms with Crippen LogP contribution >= 0.6 is 0 Å². The van der Waals surface area contributed by atoms with Crippen LogP contribution in [0, 0.1) is 29.1 Å². The average molecular weight is 548 g/mol. The van der Waals surface area contributed by atoms with E-state index in [1.165, 1.54) is 8.87 Å². The van der Waals surface area contributed by atoms with Crippen molar-refractivity contribution in [2.45, 2.75) is 26.4 Å². The van der Waals surface area contributed by atoms with Crippen LogP contribution in [-0.4, -0.2) is 60.6 Å². The SMILES string of the molecule is CC(C)[C@@H](NS(=O)(=O)N1CCN(c2ccc(C#Cc3ccc4ccn(CC#N)c(=O)c4c3)cc2)CC1)C(=O)O. The van der Waals surface area contributed by atoms with Gasteiger partial charge in [0, 0.05) is 54.6 Å². The highest BCUT2D eigenvalue weighted by molar-refractivity contribution is 7.87. The van der Waals surface area contributed by atoms with Crippen LogP contribution in [0.4, 0.5) is 5.69 Å². The van der Waals surface area contributed by atoms with Crippen molar-refractivity contribution in [2.75, 3.05) is 31.1 Å². The summed E-state index contributed by atoms with van der Waals surface area (Å²) in [6.45, 7) is 4.70. The van der Waals surface area contributed by atoms with Gasteiger partial charge in [-0.05, 0) is 53.8 Å². The molecule has 0 aliphatic carbocycles. The Morgan fingerprint density at radius 2 is 1.67 bits per heavy atom. The zero-order valence-corrected chi connectivity index (χ0v) is 22.5. The quantitative estimate of drug-likeness (QED) is 0.432. The van der Waals surface area contributed by atoms with Crippen LogP contribution < -0.4 is 15.2 Å². The first kappa shape index (κ1) is 27.9. The fraction of sp³-hybridized carbons (Fsp3) is 0.321. The Kier molecular flexibility index (Phi) is 8.36. The molecule has 1 saturated heterocycles. The molecule has 2 aromatic carbocycles. The molecule has 1 atom stereocenters. The summed E-state index contributed by atoms with van der Waals surface area (Å²) in [5, 5.41) is 19.5. The molecule has 10 nitrogen and oxygen atoms in total. The van der Waals surface area contributed by atoms with Gasteiger partial charge in [0.1, 0.15) is 12.6 Å². The van der Waals surface area contributed by atoms with Gasteiger partial charge in [0.05, 0.1) is 6.07 Å². The summed E-state index contributed by atoms with van der Waals surface area (Å²) in [5.74, 6) is 4.61. The summed E-state index contributed by atoms with van der Waals surface area (Å²) in [6.07, 6.45) is 1.61. The minimum Gasteiger partial charge on any atom is -0.480 e. The second-order valence-corrected chi connectivity index (χ2v) is 11.3. The molecular weight excluding hydrogens is 518 g/mol. The van der Waals surface area contributed by atoms with Gasteiger partial charge >= 0.3 is 5.97 Å². The molecular formula is C28H29N5O5S. The zero-order chi connectivity index (χ0) is 28.2. The molecule has 4 rings (SSSR count). The number of fused-ring (bicyclic) bond motifs is 1. The Balaban J connectivity index is 1.41. The number of nitriles is 1. The maximum absolute atomic E-state index is 12.7. The number of pyridine rings is 1. The number of anilines is 1. The predicted octanol–water partition coefficient (Wildman–Crippen LogP) is 1.99. The van der Waals surface area contributed by atoms with Gasteiger partial charge in [-0.2, -0.15) is 22.7 Å². The molecule has 1 aromatic heterocycles. The van der Waals surface area contributed by atoms with Crippen LogP contribution in [0.2, 0.25) is 0 Å². The Labute approximate surface area is 227 Å². The van der Waals surface area contributed by atoms with E-state index in [0.717, 1.165) is 16.6 Å². The van der Waals surface area contributed by atoms with Gasteiger partial charge in [0.25, 0.3) is 15.8 Å². The number of carboxylic acid groups (broad SMARTS) is 1. The van der Waals surface area contributed by atoms with E-state index in [-0.39, 0.29) is 31.1 Å². The summed E-state index contributed by atoms with van der Waals surface area (Å²) < 4.78 is 30.4. The number of hydrogen-bond acceptors (Lipinski definition) is 6. The second kappa shape index (κ2) is 11.7. The number of nitrogens with zero attached hydrogens (tertiary/aromatic N) is 4. The van der Waals surface area contributed by atoms with E-state index in [0.29, 0.717) is 24.0 Å². The first-order valence-corrected chi connectivity index (χ1v) is 13.9. The molecule has 0 radical (unpaired) electrons. The molecule has 2 N–H and O–H groups in total. The first-order valence-electron chi connectivity index (χ1n) is 12.5. The van der Waals surface area contributed by atoms with E-state index in [4.69, 9.17) is 5.26 Å². The van der Waals surface area contributed by atoms with Crippen LogP contribution in [0.25, 0.3) is 10.8 Å². The predicted molar refractivity (Wildman–Crippen MR) is 148 cm³/mol. The number of piperazine rings is 1. The van der Waals surface area contributed by atoms with Crippen molar-refractivity contribution in [3.8, 4) is 17.9 Å². The number of hydrogen-bond donors (Lipinski definition) is 2. The Bertz CT molecular complexity index is 1640. The molecule has 1 aliphatic rings. The van der Waals surface area contributed by atoms with Gasteiger partial charge in [-0.15, -0.1) is 0 Å². The molecule has 11 heteroatoms. The standard InChI is InChI=1S/C28H29N5O5S/c1-20(2)26(28(35)36)30-39(37,38)33-17-15-31(16-18-33)24-9-6-21(7-10-24)3-4-22-5-8-23-11-13-32(14-12-29)27(34)25(23)19-22/h5-11,13,19-20,26,30H,14-18H2,1-2H3,(H,35,36)/t26-/m1/s1. The van der Waals surface area contributed by atoms with E-state index >= 15 is 0 Å². The van der Waals surface area contributed by atoms with Crippen molar-refractivity contribution < 1.29 is 18.3 Å². The molecule has 39 heavy (non-hydrogen) atoms. The molecule has 0 saturated carbocycles. The highest BCUT2D eigenvalue weighted by atomic mass is 32.2. The van der Waals surface area contributed by atoms with Crippen LogP contribution in [-0.2, 0) is 21.5 Å². The Morgan fingerprint density at radius 1 is 1.03 bits per heavy atom. The number of carboxylic acids is 1. The molecule has 0 spiro atoms. The molecule has 0 amide bonds. The van der Waals surface area contributed by atoms with Crippen molar-refractivity contribution in [3.63, 3.8) is 0 Å². The Hall–Kier alpha value is -4.16. The topological polar surface area (TPSA) is 136 Å². The lowest BCUT2D eigenvalue weighted by Gasteiger charge is -2.36. The smallest absolute Gasteiger partial charge is 0.322 e. The highest BCUT2D eigenvalue weighted by Gasteiger charge is 2.32. The lowest BCUT2D eigenvalue weighted by Crippen LogP contribution is -2.55. The number of rotatable bonds is 7. The summed E-state index contributed by atoms with van der Waals surface area (Å²) in [7, 11) is -3.92. The van der Waals surface area contributed by atoms with E-state index in [2.05, 4.69) is 21.5 Å². The number of aliphatic carboxylic acids is 1. The van der Waals surface area contributed by atoms with Crippen LogP contribution in [0.5, 0.6) is 0 Å². The number of benzene rings is 2. The second-order valence-electron chi connectivity index (χ2n) is 9.57. The van der Waals surface area contributed by atoms with Gasteiger partial charge < -0.3 is 14.6 Å². The van der Waals surface area contributed by atoms with Gasteiger partial charge in [-0.1, -0.05) is 31.8 Å². The van der Waals surface area contributed by atoms with Gasteiger partial charge in [0.2, 0.25) is 0 Å². The first-order chi connectivity index (χ1) is 18.6. The van der Waals surface area contributed by atoms with Crippen molar-refractivity contribution >= 4 is 32.6 Å². The van der Waals surface area contributed by atoms with Gasteiger partial charge in [-0.3, -0.25) is 9.59 Å². The third-order valence-electron chi connectivity index (χ3n) is 6.59. The van der Waals surface area contributed by atoms with Crippen molar-refractivity contribution in [2.24, 2.45) is 5.92 Å². The van der Waals surface area contributed by atoms with Crippen molar-refractivity contribution in [1.82, 2.24) is 13.6 Å². The maximum Gasteiger partial charge on any atom is 0.322 e. The molecule has 0 unspecified atom stereocenters. The van der Waals surface area contributed by atoms with Crippen LogP contribution in [0.1, 0.15) is 25.0 Å². The minimum absolute atomic E-state index is 0.0118. The third kappa shape index (κ3) is 6.47. The summed E-state index contributed by atoms with van der Waals surface area (Å²) in [6, 6.07) is 15.6. The summed E-state index contributed by atoms with van der Waals surface area (Å²) in [5.41, 5.74) is 2.17. The van der Waals surface area contributed by atoms with E-state index in [9.17, 15) is 23.1 Å². The van der Waals surface area contributed by atoms with Crippen LogP contribution in [0.3, 0.4) is 0 Å². The zero-order valence-electron chi connectivity index (χ0n) is 21.7. The molecule has 2 heterocycles. The van der Waals surface area contributed by atoms with E-state index in [1.54, 1.807) is 32.2 Å². The average Bonchev–Trinajstić information content (AvgIpc) is 2.92. The van der Waals surface area contributed by atoms with Gasteiger partial charge in [-0.25, -0.2) is 0 Å². The molecule has 202 valence electrons. The minimum atomic E-state index is -3.92. The third-order valence-corrected chi connectivity index (χ3v) is 8.19. The fourth-order valence-corrected chi connectivity index (χ4v) is 5.84. The largest absolute Gasteiger partial charge is 0.480 e. The van der Waals surface area contributed by atoms with Crippen LogP contribution in [0.15, 0.2) is 59.5 Å². The molecule has 3 aromatic rings. The lowest BCUT2D eigenvalue weighted by molar-refractivity contribution is -0.140. The molecule has 1 aliphatic heterocycles. The summed E-state index contributed by atoms with van der Waals surface area (Å²) >= 11 is 0. The normalized spacial score (nSPS) is 15.0. The molecule has 0 bridgehead atoms. The van der Waals surface area contributed by atoms with Gasteiger partial charge in [0.15, 0.2) is 0 Å². The van der Waals surface area contributed by atoms with Crippen molar-refractivity contribution in [1.29, 1.82) is 5.26 Å². The monoisotopic (exact) mass is 547 g/mol. The number of nitrogens with one attached hydrogen (secondary N) is 1. The number of aromatic nitrogens is 1. The fourth-order valence-electron chi connectivity index (χ4n) is 4.35.